The minimum absolute atomic E-state index is 0.0523. The molecule has 78 valence electrons. The van der Waals surface area contributed by atoms with Gasteiger partial charge in [-0.1, -0.05) is 5.16 Å². The van der Waals surface area contributed by atoms with Crippen LogP contribution in [0, 0.1) is 0 Å². The highest BCUT2D eigenvalue weighted by Gasteiger charge is 2.04. The summed E-state index contributed by atoms with van der Waals surface area (Å²) in [4.78, 5) is 14.9. The van der Waals surface area contributed by atoms with E-state index in [1.165, 1.54) is 6.39 Å². The van der Waals surface area contributed by atoms with Crippen molar-refractivity contribution in [2.75, 3.05) is 6.54 Å². The quantitative estimate of drug-likeness (QED) is 0.663. The molecule has 1 atom stereocenters. The summed E-state index contributed by atoms with van der Waals surface area (Å²) in [5, 5.41) is 6.32. The normalized spacial score (nSPS) is 12.4. The van der Waals surface area contributed by atoms with Crippen LogP contribution in [-0.2, 0) is 11.2 Å². The third-order valence-electron chi connectivity index (χ3n) is 1.59. The van der Waals surface area contributed by atoms with Gasteiger partial charge in [0.05, 0.1) is 0 Å². The fourth-order valence-electron chi connectivity index (χ4n) is 0.981. The molecule has 1 heterocycles. The van der Waals surface area contributed by atoms with E-state index in [0.717, 1.165) is 0 Å². The summed E-state index contributed by atoms with van der Waals surface area (Å²) >= 11 is 0. The van der Waals surface area contributed by atoms with Crippen molar-refractivity contribution in [2.24, 2.45) is 5.73 Å². The number of nitrogens with two attached hydrogens (primary N) is 1. The maximum atomic E-state index is 11.1. The lowest BCUT2D eigenvalue weighted by molar-refractivity contribution is -0.121. The third-order valence-corrected chi connectivity index (χ3v) is 1.59. The molecule has 14 heavy (non-hydrogen) atoms. The molecule has 0 spiro atoms. The highest BCUT2D eigenvalue weighted by atomic mass is 16.5. The Labute approximate surface area is 81.9 Å². The van der Waals surface area contributed by atoms with Crippen molar-refractivity contribution >= 4 is 5.91 Å². The van der Waals surface area contributed by atoms with Crippen LogP contribution in [0.3, 0.4) is 0 Å². The molecular formula is C8H14N4O2. The van der Waals surface area contributed by atoms with Crippen LogP contribution in [-0.4, -0.2) is 28.6 Å². The number of carbonyl (C=O) groups is 1. The zero-order chi connectivity index (χ0) is 10.4. The highest BCUT2D eigenvalue weighted by molar-refractivity contribution is 5.76. The predicted octanol–water partition coefficient (Wildman–Crippen LogP) is -0.534. The molecule has 0 aromatic carbocycles. The molecular weight excluding hydrogens is 184 g/mol. The molecule has 6 heteroatoms. The summed E-state index contributed by atoms with van der Waals surface area (Å²) in [5.74, 6) is 0.537. The first-order chi connectivity index (χ1) is 6.68. The van der Waals surface area contributed by atoms with Crippen molar-refractivity contribution < 1.29 is 9.32 Å². The standard InChI is InChI=1S/C8H14N4O2/c1-6(9)4-8(13)10-3-2-7-11-5-14-12-7/h5-6H,2-4,9H2,1H3,(H,10,13). The van der Waals surface area contributed by atoms with Crippen molar-refractivity contribution in [1.29, 1.82) is 0 Å². The Hall–Kier alpha value is -1.43. The van der Waals surface area contributed by atoms with Crippen LogP contribution in [0.4, 0.5) is 0 Å². The highest BCUT2D eigenvalue weighted by Crippen LogP contribution is 1.89. The van der Waals surface area contributed by atoms with E-state index in [1.54, 1.807) is 6.92 Å². The van der Waals surface area contributed by atoms with E-state index in [0.29, 0.717) is 25.2 Å². The maximum absolute atomic E-state index is 11.1. The van der Waals surface area contributed by atoms with Gasteiger partial charge in [0.1, 0.15) is 0 Å². The molecule has 0 radical (unpaired) electrons. The van der Waals surface area contributed by atoms with Gasteiger partial charge in [-0.3, -0.25) is 4.79 Å². The molecule has 3 N–H and O–H groups in total. The Balaban J connectivity index is 2.12. The average molecular weight is 198 g/mol. The first kappa shape index (κ1) is 10.6. The molecule has 1 aromatic rings. The molecule has 1 amide bonds. The number of nitrogens with zero attached hydrogens (tertiary/aromatic N) is 2. The maximum Gasteiger partial charge on any atom is 0.221 e. The summed E-state index contributed by atoms with van der Waals surface area (Å²) in [6.45, 7) is 2.30. The molecule has 0 saturated carbocycles. The van der Waals surface area contributed by atoms with Crippen LogP contribution >= 0.6 is 0 Å². The van der Waals surface area contributed by atoms with Crippen LogP contribution in [0.25, 0.3) is 0 Å². The lowest BCUT2D eigenvalue weighted by Crippen LogP contribution is -2.31. The molecule has 1 aromatic heterocycles. The van der Waals surface area contributed by atoms with E-state index in [2.05, 4.69) is 20.0 Å². The SMILES string of the molecule is CC(N)CC(=O)NCCc1ncon1. The molecule has 0 aliphatic rings. The van der Waals surface area contributed by atoms with Crippen LogP contribution < -0.4 is 11.1 Å². The number of rotatable bonds is 5. The van der Waals surface area contributed by atoms with Gasteiger partial charge in [-0.2, -0.15) is 4.98 Å². The molecule has 1 rings (SSSR count). The van der Waals surface area contributed by atoms with Crippen LogP contribution in [0.15, 0.2) is 10.9 Å². The molecule has 0 fully saturated rings. The number of hydrogen-bond donors (Lipinski definition) is 2. The zero-order valence-corrected chi connectivity index (χ0v) is 8.06. The molecule has 0 aliphatic carbocycles. The van der Waals surface area contributed by atoms with Crippen molar-refractivity contribution in [3.8, 4) is 0 Å². The van der Waals surface area contributed by atoms with E-state index < -0.39 is 0 Å². The van der Waals surface area contributed by atoms with Crippen molar-refractivity contribution in [2.45, 2.75) is 25.8 Å². The van der Waals surface area contributed by atoms with E-state index in [1.807, 2.05) is 0 Å². The number of carbonyl (C=O) groups excluding carboxylic acids is 1. The molecule has 0 saturated heterocycles. The van der Waals surface area contributed by atoms with Gasteiger partial charge in [-0.05, 0) is 6.92 Å². The summed E-state index contributed by atoms with van der Waals surface area (Å²) < 4.78 is 4.54. The fraction of sp³-hybridized carbons (Fsp3) is 0.625. The molecule has 1 unspecified atom stereocenters. The van der Waals surface area contributed by atoms with Gasteiger partial charge in [0.2, 0.25) is 12.3 Å². The van der Waals surface area contributed by atoms with Crippen molar-refractivity contribution in [3.63, 3.8) is 0 Å². The Morgan fingerprint density at radius 2 is 2.57 bits per heavy atom. The number of nitrogens with one attached hydrogen (secondary N) is 1. The summed E-state index contributed by atoms with van der Waals surface area (Å²) in [5.41, 5.74) is 5.46. The van der Waals surface area contributed by atoms with Gasteiger partial charge in [0, 0.05) is 25.4 Å². The summed E-state index contributed by atoms with van der Waals surface area (Å²) in [7, 11) is 0. The van der Waals surface area contributed by atoms with Crippen molar-refractivity contribution in [3.05, 3.63) is 12.2 Å². The zero-order valence-electron chi connectivity index (χ0n) is 8.06. The molecule has 0 aliphatic heterocycles. The van der Waals surface area contributed by atoms with E-state index in [9.17, 15) is 4.79 Å². The largest absolute Gasteiger partial charge is 0.356 e. The lowest BCUT2D eigenvalue weighted by atomic mass is 10.2. The Morgan fingerprint density at radius 3 is 3.14 bits per heavy atom. The van der Waals surface area contributed by atoms with Gasteiger partial charge in [0.25, 0.3) is 0 Å². The minimum atomic E-state index is -0.111. The van der Waals surface area contributed by atoms with E-state index in [4.69, 9.17) is 5.73 Å². The van der Waals surface area contributed by atoms with Crippen molar-refractivity contribution in [1.82, 2.24) is 15.5 Å². The predicted molar refractivity (Wildman–Crippen MR) is 49.3 cm³/mol. The Morgan fingerprint density at radius 1 is 1.79 bits per heavy atom. The monoisotopic (exact) mass is 198 g/mol. The average Bonchev–Trinajstić information content (AvgIpc) is 2.55. The second kappa shape index (κ2) is 5.33. The van der Waals surface area contributed by atoms with Gasteiger partial charge in [-0.25, -0.2) is 0 Å². The number of aromatic nitrogens is 2. The number of hydrogen-bond acceptors (Lipinski definition) is 5. The summed E-state index contributed by atoms with van der Waals surface area (Å²) in [6.07, 6.45) is 2.17. The van der Waals surface area contributed by atoms with E-state index >= 15 is 0 Å². The van der Waals surface area contributed by atoms with Crippen LogP contribution in [0.1, 0.15) is 19.2 Å². The molecule has 6 nitrogen and oxygen atoms in total. The van der Waals surface area contributed by atoms with E-state index in [-0.39, 0.29) is 11.9 Å². The second-order valence-corrected chi connectivity index (χ2v) is 3.13. The van der Waals surface area contributed by atoms with Gasteiger partial charge in [0.15, 0.2) is 5.82 Å². The number of amides is 1. The first-order valence-corrected chi connectivity index (χ1v) is 4.46. The summed E-state index contributed by atoms with van der Waals surface area (Å²) in [6, 6.07) is -0.111. The smallest absolute Gasteiger partial charge is 0.221 e. The van der Waals surface area contributed by atoms with Gasteiger partial charge < -0.3 is 15.6 Å². The van der Waals surface area contributed by atoms with Gasteiger partial charge in [-0.15, -0.1) is 0 Å². The Kier molecular flexibility index (Phi) is 4.06. The topological polar surface area (TPSA) is 94.0 Å². The lowest BCUT2D eigenvalue weighted by Gasteiger charge is -2.05. The fourth-order valence-corrected chi connectivity index (χ4v) is 0.981. The minimum Gasteiger partial charge on any atom is -0.356 e. The van der Waals surface area contributed by atoms with Gasteiger partial charge >= 0.3 is 0 Å². The van der Waals surface area contributed by atoms with Crippen LogP contribution in [0.2, 0.25) is 0 Å². The Bertz CT molecular complexity index is 271. The van der Waals surface area contributed by atoms with Crippen LogP contribution in [0.5, 0.6) is 0 Å². The molecule has 0 bridgehead atoms. The second-order valence-electron chi connectivity index (χ2n) is 3.13. The third kappa shape index (κ3) is 3.99. The first-order valence-electron chi connectivity index (χ1n) is 4.46.